The average molecular weight is 261 g/mol. The van der Waals surface area contributed by atoms with Gasteiger partial charge in [-0.1, -0.05) is 6.07 Å². The van der Waals surface area contributed by atoms with Crippen LogP contribution in [-0.2, 0) is 9.53 Å². The van der Waals surface area contributed by atoms with Crippen LogP contribution in [0.15, 0.2) is 29.3 Å². The third kappa shape index (κ3) is 2.76. The maximum Gasteiger partial charge on any atom is 0.292 e. The number of hydrogen-bond acceptors (Lipinski definition) is 4. The number of rotatable bonds is 3. The van der Waals surface area contributed by atoms with E-state index in [0.29, 0.717) is 5.75 Å². The van der Waals surface area contributed by atoms with Gasteiger partial charge in [0, 0.05) is 6.08 Å². The van der Waals surface area contributed by atoms with Crippen molar-refractivity contribution in [1.29, 1.82) is 0 Å². The lowest BCUT2D eigenvalue weighted by molar-refractivity contribution is -0.128. The Morgan fingerprint density at radius 1 is 1.37 bits per heavy atom. The largest absolute Gasteiger partial charge is 0.504 e. The second kappa shape index (κ2) is 4.76. The number of nitrogens with zero attached hydrogens (tertiary/aromatic N) is 1. The lowest BCUT2D eigenvalue weighted by Crippen LogP contribution is -2.28. The lowest BCUT2D eigenvalue weighted by atomic mass is 10.1. The van der Waals surface area contributed by atoms with Gasteiger partial charge in [-0.05, 0) is 37.6 Å². The van der Waals surface area contributed by atoms with Gasteiger partial charge in [-0.25, -0.2) is 0 Å². The summed E-state index contributed by atoms with van der Waals surface area (Å²) in [6.45, 7) is 3.34. The van der Waals surface area contributed by atoms with Crippen LogP contribution in [0.1, 0.15) is 19.4 Å². The third-order valence-electron chi connectivity index (χ3n) is 2.71. The van der Waals surface area contributed by atoms with E-state index in [1.54, 1.807) is 38.1 Å². The first-order chi connectivity index (χ1) is 8.92. The van der Waals surface area contributed by atoms with Crippen LogP contribution in [0.3, 0.4) is 0 Å². The number of phenols is 1. The first kappa shape index (κ1) is 13.1. The van der Waals surface area contributed by atoms with Crippen LogP contribution in [0.5, 0.6) is 11.5 Å². The summed E-state index contributed by atoms with van der Waals surface area (Å²) in [6, 6.07) is 4.93. The molecule has 1 aromatic carbocycles. The Morgan fingerprint density at radius 2 is 2.11 bits per heavy atom. The van der Waals surface area contributed by atoms with Crippen LogP contribution in [0.25, 0.3) is 6.08 Å². The first-order valence-corrected chi connectivity index (χ1v) is 5.79. The monoisotopic (exact) mass is 261 g/mol. The van der Waals surface area contributed by atoms with Crippen molar-refractivity contribution in [2.75, 3.05) is 7.11 Å². The van der Waals surface area contributed by atoms with E-state index in [4.69, 9.17) is 9.47 Å². The fraction of sp³-hybridized carbons (Fsp3) is 0.286. The van der Waals surface area contributed by atoms with Crippen LogP contribution in [0.2, 0.25) is 0 Å². The van der Waals surface area contributed by atoms with E-state index in [1.165, 1.54) is 13.2 Å². The second-order valence-corrected chi connectivity index (χ2v) is 4.63. The topological polar surface area (TPSA) is 68.1 Å². The number of carbonyl (C=O) groups excluding carboxylic acids is 1. The lowest BCUT2D eigenvalue weighted by Gasteiger charge is -2.13. The van der Waals surface area contributed by atoms with Gasteiger partial charge < -0.3 is 14.6 Å². The molecule has 0 atom stereocenters. The van der Waals surface area contributed by atoms with Crippen LogP contribution in [-0.4, -0.2) is 29.6 Å². The molecule has 1 N–H and O–H groups in total. The maximum atomic E-state index is 11.5. The van der Waals surface area contributed by atoms with Crippen LogP contribution in [0.4, 0.5) is 0 Å². The average Bonchev–Trinajstić information content (AvgIpc) is 2.62. The van der Waals surface area contributed by atoms with E-state index in [9.17, 15) is 9.90 Å². The van der Waals surface area contributed by atoms with Crippen molar-refractivity contribution in [3.8, 4) is 11.5 Å². The summed E-state index contributed by atoms with van der Waals surface area (Å²) in [4.78, 5) is 15.3. The first-order valence-electron chi connectivity index (χ1n) is 5.79. The van der Waals surface area contributed by atoms with Gasteiger partial charge in [0.2, 0.25) is 5.90 Å². The third-order valence-corrected chi connectivity index (χ3v) is 2.71. The van der Waals surface area contributed by atoms with Crippen molar-refractivity contribution in [3.63, 3.8) is 0 Å². The van der Waals surface area contributed by atoms with E-state index >= 15 is 0 Å². The molecule has 0 saturated heterocycles. The molecular weight excluding hydrogens is 246 g/mol. The molecular formula is C14H15NO4. The quantitative estimate of drug-likeness (QED) is 0.905. The highest BCUT2D eigenvalue weighted by Crippen LogP contribution is 2.27. The summed E-state index contributed by atoms with van der Waals surface area (Å²) in [5, 5.41) is 9.48. The van der Waals surface area contributed by atoms with Crippen molar-refractivity contribution in [1.82, 2.24) is 0 Å². The van der Waals surface area contributed by atoms with Crippen molar-refractivity contribution < 1.29 is 19.4 Å². The van der Waals surface area contributed by atoms with Gasteiger partial charge in [0.15, 0.2) is 17.1 Å². The van der Waals surface area contributed by atoms with Crippen molar-refractivity contribution >= 4 is 17.9 Å². The fourth-order valence-electron chi connectivity index (χ4n) is 1.60. The molecule has 100 valence electrons. The standard InChI is InChI=1S/C14H15NO4/c1-14(2)13(17)15-12(19-14)7-5-9-4-6-10(16)11(8-9)18-3/h4-8,16H,1-3H3/b7-5+. The van der Waals surface area contributed by atoms with Gasteiger partial charge in [-0.15, -0.1) is 0 Å². The second-order valence-electron chi connectivity index (χ2n) is 4.63. The van der Waals surface area contributed by atoms with Crippen LogP contribution >= 0.6 is 0 Å². The number of carbonyl (C=O) groups is 1. The number of amides is 1. The van der Waals surface area contributed by atoms with E-state index in [0.717, 1.165) is 5.56 Å². The zero-order chi connectivity index (χ0) is 14.0. The molecule has 1 aliphatic heterocycles. The predicted molar refractivity (Wildman–Crippen MR) is 71.3 cm³/mol. The number of benzene rings is 1. The van der Waals surface area contributed by atoms with Crippen molar-refractivity contribution in [2.45, 2.75) is 19.4 Å². The number of aromatic hydroxyl groups is 1. The summed E-state index contributed by atoms with van der Waals surface area (Å²) < 4.78 is 10.4. The van der Waals surface area contributed by atoms with Gasteiger partial charge in [0.25, 0.3) is 5.91 Å². The summed E-state index contributed by atoms with van der Waals surface area (Å²) in [6.07, 6.45) is 3.34. The van der Waals surface area contributed by atoms with Gasteiger partial charge in [-0.3, -0.25) is 4.79 Å². The Bertz CT molecular complexity index is 573. The summed E-state index contributed by atoms with van der Waals surface area (Å²) >= 11 is 0. The van der Waals surface area contributed by atoms with Crippen molar-refractivity contribution in [2.24, 2.45) is 4.99 Å². The molecule has 0 radical (unpaired) electrons. The van der Waals surface area contributed by atoms with E-state index in [-0.39, 0.29) is 17.6 Å². The zero-order valence-corrected chi connectivity index (χ0v) is 11.0. The minimum absolute atomic E-state index is 0.0745. The molecule has 0 aromatic heterocycles. The Morgan fingerprint density at radius 3 is 2.68 bits per heavy atom. The fourth-order valence-corrected chi connectivity index (χ4v) is 1.60. The molecule has 0 saturated carbocycles. The minimum Gasteiger partial charge on any atom is -0.504 e. The Balaban J connectivity index is 2.16. The molecule has 0 spiro atoms. The highest BCUT2D eigenvalue weighted by atomic mass is 16.5. The predicted octanol–water partition coefficient (Wildman–Crippen LogP) is 2.15. The van der Waals surface area contributed by atoms with Crippen LogP contribution < -0.4 is 4.74 Å². The molecule has 19 heavy (non-hydrogen) atoms. The highest BCUT2D eigenvalue weighted by molar-refractivity contribution is 6.07. The van der Waals surface area contributed by atoms with E-state index in [1.807, 2.05) is 0 Å². The Labute approximate surface area is 111 Å². The SMILES string of the molecule is COc1cc(/C=C/C2=NC(=O)C(C)(C)O2)ccc1O. The molecule has 1 amide bonds. The molecule has 5 heteroatoms. The van der Waals surface area contributed by atoms with Gasteiger partial charge in [0.1, 0.15) is 0 Å². The number of phenolic OH excluding ortho intramolecular Hbond substituents is 1. The molecule has 1 heterocycles. The normalized spacial score (nSPS) is 17.4. The van der Waals surface area contributed by atoms with Gasteiger partial charge >= 0.3 is 0 Å². The summed E-state index contributed by atoms with van der Waals surface area (Å²) in [5.74, 6) is 0.440. The Hall–Kier alpha value is -2.30. The number of methoxy groups -OCH3 is 1. The van der Waals surface area contributed by atoms with Gasteiger partial charge in [-0.2, -0.15) is 4.99 Å². The van der Waals surface area contributed by atoms with E-state index < -0.39 is 5.60 Å². The molecule has 0 bridgehead atoms. The van der Waals surface area contributed by atoms with Crippen LogP contribution in [0, 0.1) is 0 Å². The molecule has 1 aliphatic rings. The molecule has 0 aliphatic carbocycles. The summed E-state index contributed by atoms with van der Waals surface area (Å²) in [7, 11) is 1.48. The zero-order valence-electron chi connectivity index (χ0n) is 11.0. The molecule has 2 rings (SSSR count). The van der Waals surface area contributed by atoms with Crippen molar-refractivity contribution in [3.05, 3.63) is 29.8 Å². The number of hydrogen-bond donors (Lipinski definition) is 1. The smallest absolute Gasteiger partial charge is 0.292 e. The molecule has 5 nitrogen and oxygen atoms in total. The Kier molecular flexibility index (Phi) is 3.29. The number of aliphatic imine (C=N–C) groups is 1. The minimum atomic E-state index is -0.897. The number of ether oxygens (including phenoxy) is 2. The maximum absolute atomic E-state index is 11.5. The highest BCUT2D eigenvalue weighted by Gasteiger charge is 2.36. The van der Waals surface area contributed by atoms with E-state index in [2.05, 4.69) is 4.99 Å². The molecule has 1 aromatic rings. The van der Waals surface area contributed by atoms with Gasteiger partial charge in [0.05, 0.1) is 7.11 Å². The molecule has 0 fully saturated rings. The molecule has 0 unspecified atom stereocenters. The summed E-state index contributed by atoms with van der Waals surface area (Å²) in [5.41, 5.74) is -0.0927.